The van der Waals surface area contributed by atoms with Gasteiger partial charge >= 0.3 is 0 Å². The molecule has 3 N–H and O–H groups in total. The Bertz CT molecular complexity index is 878. The fourth-order valence-corrected chi connectivity index (χ4v) is 3.99. The quantitative estimate of drug-likeness (QED) is 0.683. The van der Waals surface area contributed by atoms with Gasteiger partial charge in [-0.05, 0) is 80.6 Å². The van der Waals surface area contributed by atoms with Crippen LogP contribution in [0.2, 0.25) is 0 Å². The smallest absolute Gasteiger partial charge is 0.0499 e. The summed E-state index contributed by atoms with van der Waals surface area (Å²) in [5.41, 5.74) is 7.02. The van der Waals surface area contributed by atoms with Gasteiger partial charge in [-0.25, -0.2) is 0 Å². The monoisotopic (exact) mass is 335 g/mol. The van der Waals surface area contributed by atoms with Crippen LogP contribution in [0.25, 0.3) is 22.2 Å². The van der Waals surface area contributed by atoms with E-state index in [1.54, 1.807) is 0 Å². The third-order valence-electron chi connectivity index (χ3n) is 5.29. The number of aromatic nitrogens is 2. The molecule has 3 aromatic rings. The van der Waals surface area contributed by atoms with Crippen LogP contribution in [-0.2, 0) is 6.42 Å². The molecule has 0 radical (unpaired) electrons. The lowest BCUT2D eigenvalue weighted by Crippen LogP contribution is -2.26. The van der Waals surface area contributed by atoms with E-state index in [1.165, 1.54) is 29.4 Å². The fourth-order valence-electron chi connectivity index (χ4n) is 3.99. The van der Waals surface area contributed by atoms with Gasteiger partial charge in [-0.1, -0.05) is 6.07 Å². The van der Waals surface area contributed by atoms with Gasteiger partial charge in [0.15, 0.2) is 0 Å². The second kappa shape index (κ2) is 6.98. The normalized spacial score (nSPS) is 15.8. The molecule has 2 aromatic heterocycles. The molecule has 0 unspecified atom stereocenters. The summed E-state index contributed by atoms with van der Waals surface area (Å²) < 4.78 is 0. The molecule has 1 aliphatic rings. The van der Waals surface area contributed by atoms with Crippen molar-refractivity contribution < 1.29 is 5.11 Å². The number of piperidine rings is 1. The highest BCUT2D eigenvalue weighted by Gasteiger charge is 2.18. The van der Waals surface area contributed by atoms with E-state index in [9.17, 15) is 5.11 Å². The largest absolute Gasteiger partial charge is 0.396 e. The third-order valence-corrected chi connectivity index (χ3v) is 5.29. The minimum absolute atomic E-state index is 0.154. The molecule has 0 saturated carbocycles. The van der Waals surface area contributed by atoms with Crippen molar-refractivity contribution in [2.75, 3.05) is 19.7 Å². The molecular weight excluding hydrogens is 310 g/mol. The van der Waals surface area contributed by atoms with Crippen molar-refractivity contribution in [2.45, 2.75) is 32.1 Å². The molecule has 130 valence electrons. The molecule has 0 spiro atoms. The van der Waals surface area contributed by atoms with Crippen molar-refractivity contribution in [3.63, 3.8) is 0 Å². The van der Waals surface area contributed by atoms with Gasteiger partial charge < -0.3 is 15.4 Å². The van der Waals surface area contributed by atoms with Crippen molar-refractivity contribution >= 4 is 10.9 Å². The second-order valence-electron chi connectivity index (χ2n) is 6.97. The first kappa shape index (κ1) is 16.3. The number of hydrogen-bond donors (Lipinski definition) is 3. The highest BCUT2D eigenvalue weighted by molar-refractivity contribution is 5.91. The Morgan fingerprint density at radius 2 is 2.00 bits per heavy atom. The molecule has 1 fully saturated rings. The molecule has 0 aliphatic carbocycles. The molecule has 3 heterocycles. The zero-order valence-electron chi connectivity index (χ0n) is 14.7. The van der Waals surface area contributed by atoms with E-state index in [2.05, 4.69) is 39.6 Å². The minimum atomic E-state index is 0.154. The highest BCUT2D eigenvalue weighted by Crippen LogP contribution is 2.34. The summed E-state index contributed by atoms with van der Waals surface area (Å²) in [6.07, 6.45) is 4.90. The summed E-state index contributed by atoms with van der Waals surface area (Å²) in [5, 5.41) is 14.3. The van der Waals surface area contributed by atoms with Crippen LogP contribution in [0.15, 0.2) is 36.5 Å². The molecule has 4 nitrogen and oxygen atoms in total. The number of H-pyrrole nitrogens is 1. The molecule has 4 heteroatoms. The molecule has 1 saturated heterocycles. The van der Waals surface area contributed by atoms with E-state index in [0.29, 0.717) is 12.3 Å². The number of rotatable bonds is 4. The zero-order chi connectivity index (χ0) is 17.2. The molecule has 0 bridgehead atoms. The van der Waals surface area contributed by atoms with Crippen molar-refractivity contribution in [3.8, 4) is 11.3 Å². The second-order valence-corrected chi connectivity index (χ2v) is 6.97. The first-order chi connectivity index (χ1) is 12.3. The van der Waals surface area contributed by atoms with Crippen LogP contribution in [-0.4, -0.2) is 34.8 Å². The summed E-state index contributed by atoms with van der Waals surface area (Å²) in [4.78, 5) is 7.87. The Hall–Kier alpha value is -2.17. The Kier molecular flexibility index (Phi) is 4.55. The molecular formula is C21H25N3O. The van der Waals surface area contributed by atoms with Gasteiger partial charge in [-0.15, -0.1) is 0 Å². The van der Waals surface area contributed by atoms with Gasteiger partial charge in [0, 0.05) is 40.7 Å². The lowest BCUT2D eigenvalue weighted by atomic mass is 9.89. The van der Waals surface area contributed by atoms with Crippen LogP contribution in [0.1, 0.15) is 35.6 Å². The van der Waals surface area contributed by atoms with E-state index >= 15 is 0 Å². The molecule has 1 aliphatic heterocycles. The maximum Gasteiger partial charge on any atom is 0.0499 e. The first-order valence-electron chi connectivity index (χ1n) is 9.15. The van der Waals surface area contributed by atoms with Gasteiger partial charge in [-0.2, -0.15) is 0 Å². The predicted molar refractivity (Wildman–Crippen MR) is 102 cm³/mol. The van der Waals surface area contributed by atoms with Crippen LogP contribution in [0.5, 0.6) is 0 Å². The number of pyridine rings is 1. The maximum absolute atomic E-state index is 9.61. The predicted octanol–water partition coefficient (Wildman–Crippen LogP) is 3.54. The van der Waals surface area contributed by atoms with Crippen molar-refractivity contribution in [1.29, 1.82) is 0 Å². The number of nitrogens with one attached hydrogen (secondary N) is 2. The van der Waals surface area contributed by atoms with Gasteiger partial charge in [-0.3, -0.25) is 4.98 Å². The van der Waals surface area contributed by atoms with E-state index in [4.69, 9.17) is 0 Å². The SMILES string of the molecule is Cc1cc(-c2[nH]c3ccc(C4CCNCC4)cc3c2CCO)ccn1. The van der Waals surface area contributed by atoms with Crippen LogP contribution >= 0.6 is 0 Å². The molecule has 0 amide bonds. The van der Waals surface area contributed by atoms with Gasteiger partial charge in [0.25, 0.3) is 0 Å². The summed E-state index contributed by atoms with van der Waals surface area (Å²) in [7, 11) is 0. The van der Waals surface area contributed by atoms with Crippen LogP contribution < -0.4 is 5.32 Å². The number of hydrogen-bond acceptors (Lipinski definition) is 3. The van der Waals surface area contributed by atoms with Gasteiger partial charge in [0.05, 0.1) is 0 Å². The summed E-state index contributed by atoms with van der Waals surface area (Å²) in [6, 6.07) is 10.9. The number of fused-ring (bicyclic) bond motifs is 1. The number of aryl methyl sites for hydroxylation is 1. The Morgan fingerprint density at radius 1 is 1.16 bits per heavy atom. The molecule has 0 atom stereocenters. The minimum Gasteiger partial charge on any atom is -0.396 e. The molecule has 1 aromatic carbocycles. The number of aromatic amines is 1. The van der Waals surface area contributed by atoms with Crippen LogP contribution in [0, 0.1) is 6.92 Å². The van der Waals surface area contributed by atoms with E-state index in [-0.39, 0.29) is 6.61 Å². The summed E-state index contributed by atoms with van der Waals surface area (Å²) >= 11 is 0. The molecule has 4 rings (SSSR count). The van der Waals surface area contributed by atoms with E-state index < -0.39 is 0 Å². The van der Waals surface area contributed by atoms with Crippen molar-refractivity contribution in [1.82, 2.24) is 15.3 Å². The topological polar surface area (TPSA) is 60.9 Å². The van der Waals surface area contributed by atoms with Crippen LogP contribution in [0.3, 0.4) is 0 Å². The van der Waals surface area contributed by atoms with Gasteiger partial charge in [0.1, 0.15) is 0 Å². The summed E-state index contributed by atoms with van der Waals surface area (Å²) in [6.45, 7) is 4.36. The number of aliphatic hydroxyl groups excluding tert-OH is 1. The van der Waals surface area contributed by atoms with Crippen LogP contribution in [0.4, 0.5) is 0 Å². The van der Waals surface area contributed by atoms with Crippen molar-refractivity contribution in [3.05, 3.63) is 53.3 Å². The summed E-state index contributed by atoms with van der Waals surface area (Å²) in [5.74, 6) is 0.633. The average Bonchev–Trinajstić information content (AvgIpc) is 3.01. The molecule has 25 heavy (non-hydrogen) atoms. The standard InChI is InChI=1S/C21H25N3O/c1-14-12-17(6-10-23-14)21-18(7-11-25)19-13-16(2-3-20(19)24-21)15-4-8-22-9-5-15/h2-3,6,10,12-13,15,22,24-25H,4-5,7-9,11H2,1H3. The maximum atomic E-state index is 9.61. The third kappa shape index (κ3) is 3.20. The average molecular weight is 335 g/mol. The number of nitrogens with zero attached hydrogens (tertiary/aromatic N) is 1. The van der Waals surface area contributed by atoms with Crippen molar-refractivity contribution in [2.24, 2.45) is 0 Å². The van der Waals surface area contributed by atoms with E-state index in [0.717, 1.165) is 35.6 Å². The number of aliphatic hydroxyl groups is 1. The lowest BCUT2D eigenvalue weighted by molar-refractivity contribution is 0.300. The Morgan fingerprint density at radius 3 is 2.76 bits per heavy atom. The fraction of sp³-hybridized carbons (Fsp3) is 0.381. The zero-order valence-corrected chi connectivity index (χ0v) is 14.7. The van der Waals surface area contributed by atoms with E-state index in [1.807, 2.05) is 19.2 Å². The number of benzene rings is 1. The Balaban J connectivity index is 1.82. The van der Waals surface area contributed by atoms with Gasteiger partial charge in [0.2, 0.25) is 0 Å². The highest BCUT2D eigenvalue weighted by atomic mass is 16.2. The Labute approximate surface area is 148 Å². The lowest BCUT2D eigenvalue weighted by Gasteiger charge is -2.23. The first-order valence-corrected chi connectivity index (χ1v) is 9.15.